The molecule has 134 valence electrons. The molecule has 0 spiro atoms. The summed E-state index contributed by atoms with van der Waals surface area (Å²) in [5.41, 5.74) is 1.11. The van der Waals surface area contributed by atoms with Gasteiger partial charge in [0.15, 0.2) is 0 Å². The molecule has 1 saturated heterocycles. The van der Waals surface area contributed by atoms with E-state index in [1.54, 1.807) is 9.80 Å². The number of nitrogens with zero attached hydrogens (tertiary/aromatic N) is 4. The van der Waals surface area contributed by atoms with Crippen LogP contribution in [-0.4, -0.2) is 47.2 Å². The lowest BCUT2D eigenvalue weighted by molar-refractivity contribution is -0.138. The number of anilines is 1. The predicted molar refractivity (Wildman–Crippen MR) is 88.5 cm³/mol. The number of carbonyl (C=O) groups excluding carboxylic acids is 1. The Morgan fingerprint density at radius 1 is 1.08 bits per heavy atom. The first-order valence-electron chi connectivity index (χ1n) is 7.91. The van der Waals surface area contributed by atoms with Crippen LogP contribution in [-0.2, 0) is 17.4 Å². The Kier molecular flexibility index (Phi) is 5.22. The summed E-state index contributed by atoms with van der Waals surface area (Å²) < 4.78 is 37.8. The smallest absolute Gasteiger partial charge is 0.343 e. The third-order valence-electron chi connectivity index (χ3n) is 4.03. The first-order valence-corrected chi connectivity index (χ1v) is 8.72. The summed E-state index contributed by atoms with van der Waals surface area (Å²) in [4.78, 5) is 15.8. The summed E-state index contributed by atoms with van der Waals surface area (Å²) in [6.07, 6.45) is -3.35. The highest BCUT2D eigenvalue weighted by Crippen LogP contribution is 2.34. The number of hydrogen-bond donors (Lipinski definition) is 0. The van der Waals surface area contributed by atoms with Crippen LogP contribution in [0.2, 0.25) is 0 Å². The first-order chi connectivity index (χ1) is 11.9. The fraction of sp³-hybridized carbons (Fsp3) is 0.438. The highest BCUT2D eigenvalue weighted by molar-refractivity contribution is 7.15. The van der Waals surface area contributed by atoms with Gasteiger partial charge in [0.25, 0.3) is 0 Å². The minimum absolute atomic E-state index is 0.0664. The van der Waals surface area contributed by atoms with Gasteiger partial charge in [-0.3, -0.25) is 4.79 Å². The van der Waals surface area contributed by atoms with E-state index in [0.29, 0.717) is 50.4 Å². The zero-order chi connectivity index (χ0) is 17.9. The largest absolute Gasteiger partial charge is 0.445 e. The van der Waals surface area contributed by atoms with E-state index < -0.39 is 11.2 Å². The average Bonchev–Trinajstić information content (AvgIpc) is 3.11. The number of aromatic nitrogens is 2. The van der Waals surface area contributed by atoms with Crippen molar-refractivity contribution >= 4 is 22.4 Å². The van der Waals surface area contributed by atoms with E-state index >= 15 is 0 Å². The van der Waals surface area contributed by atoms with E-state index in [9.17, 15) is 18.0 Å². The Morgan fingerprint density at radius 3 is 2.36 bits per heavy atom. The summed E-state index contributed by atoms with van der Waals surface area (Å²) in [7, 11) is 0. The van der Waals surface area contributed by atoms with E-state index in [-0.39, 0.29) is 11.0 Å². The number of halogens is 3. The normalized spacial score (nSPS) is 15.5. The van der Waals surface area contributed by atoms with Crippen LogP contribution < -0.4 is 4.90 Å². The van der Waals surface area contributed by atoms with Gasteiger partial charge in [0.05, 0.1) is 0 Å². The van der Waals surface area contributed by atoms with Crippen LogP contribution in [0.4, 0.5) is 18.3 Å². The van der Waals surface area contributed by atoms with Crippen molar-refractivity contribution in [2.75, 3.05) is 31.1 Å². The molecule has 2 aromatic rings. The zero-order valence-corrected chi connectivity index (χ0v) is 14.2. The predicted octanol–water partition coefficient (Wildman–Crippen LogP) is 2.84. The van der Waals surface area contributed by atoms with Crippen LogP contribution in [0.15, 0.2) is 30.3 Å². The monoisotopic (exact) mass is 370 g/mol. The van der Waals surface area contributed by atoms with E-state index in [0.717, 1.165) is 5.56 Å². The Bertz CT molecular complexity index is 712. The number of piperazine rings is 1. The summed E-state index contributed by atoms with van der Waals surface area (Å²) >= 11 is 0.539. The first kappa shape index (κ1) is 17.7. The SMILES string of the molecule is O=C(CCc1ccccc1)N1CCN(c2nnc(C(F)(F)F)s2)CC1. The molecule has 0 radical (unpaired) electrons. The molecule has 1 aliphatic rings. The quantitative estimate of drug-likeness (QED) is 0.831. The van der Waals surface area contributed by atoms with Crippen LogP contribution in [0.5, 0.6) is 0 Å². The molecule has 1 fully saturated rings. The van der Waals surface area contributed by atoms with Gasteiger partial charge in [-0.15, -0.1) is 10.2 Å². The summed E-state index contributed by atoms with van der Waals surface area (Å²) in [5.74, 6) is 0.0664. The van der Waals surface area contributed by atoms with Crippen molar-refractivity contribution in [2.24, 2.45) is 0 Å². The van der Waals surface area contributed by atoms with Gasteiger partial charge in [0, 0.05) is 32.6 Å². The molecule has 0 bridgehead atoms. The van der Waals surface area contributed by atoms with Gasteiger partial charge in [0.2, 0.25) is 16.0 Å². The second-order valence-electron chi connectivity index (χ2n) is 5.74. The van der Waals surface area contributed by atoms with Gasteiger partial charge in [-0.05, 0) is 12.0 Å². The molecule has 25 heavy (non-hydrogen) atoms. The topological polar surface area (TPSA) is 49.3 Å². The van der Waals surface area contributed by atoms with Crippen molar-refractivity contribution < 1.29 is 18.0 Å². The van der Waals surface area contributed by atoms with Crippen molar-refractivity contribution in [3.63, 3.8) is 0 Å². The molecular formula is C16H17F3N4OS. The molecule has 9 heteroatoms. The standard InChI is InChI=1S/C16H17F3N4OS/c17-16(18,19)14-20-21-15(25-14)23-10-8-22(9-11-23)13(24)7-6-12-4-2-1-3-5-12/h1-5H,6-11H2. The zero-order valence-electron chi connectivity index (χ0n) is 13.4. The molecule has 0 atom stereocenters. The van der Waals surface area contributed by atoms with Crippen molar-refractivity contribution in [3.05, 3.63) is 40.9 Å². The molecule has 1 aromatic heterocycles. The van der Waals surface area contributed by atoms with Gasteiger partial charge < -0.3 is 9.80 Å². The highest BCUT2D eigenvalue weighted by Gasteiger charge is 2.36. The lowest BCUT2D eigenvalue weighted by atomic mass is 10.1. The number of carbonyl (C=O) groups is 1. The second kappa shape index (κ2) is 7.38. The minimum Gasteiger partial charge on any atom is -0.343 e. The van der Waals surface area contributed by atoms with Gasteiger partial charge in [-0.2, -0.15) is 13.2 Å². The van der Waals surface area contributed by atoms with Gasteiger partial charge in [-0.25, -0.2) is 0 Å². The van der Waals surface area contributed by atoms with Crippen molar-refractivity contribution in [1.29, 1.82) is 0 Å². The molecule has 0 unspecified atom stereocenters. The number of benzene rings is 1. The van der Waals surface area contributed by atoms with E-state index in [2.05, 4.69) is 10.2 Å². The Labute approximate surface area is 147 Å². The molecule has 2 heterocycles. The van der Waals surface area contributed by atoms with E-state index in [1.807, 2.05) is 30.3 Å². The molecule has 5 nitrogen and oxygen atoms in total. The molecule has 0 aliphatic carbocycles. The van der Waals surface area contributed by atoms with Gasteiger partial charge in [-0.1, -0.05) is 41.7 Å². The van der Waals surface area contributed by atoms with Crippen molar-refractivity contribution in [1.82, 2.24) is 15.1 Å². The molecule has 0 N–H and O–H groups in total. The number of amides is 1. The van der Waals surface area contributed by atoms with E-state index in [1.165, 1.54) is 0 Å². The lowest BCUT2D eigenvalue weighted by Crippen LogP contribution is -2.48. The molecular weight excluding hydrogens is 353 g/mol. The molecule has 3 rings (SSSR count). The maximum atomic E-state index is 12.6. The Balaban J connectivity index is 1.50. The van der Waals surface area contributed by atoms with Gasteiger partial charge >= 0.3 is 6.18 Å². The minimum atomic E-state index is -4.47. The summed E-state index contributed by atoms with van der Waals surface area (Å²) in [6, 6.07) is 9.78. The Morgan fingerprint density at radius 2 is 1.76 bits per heavy atom. The maximum absolute atomic E-state index is 12.6. The van der Waals surface area contributed by atoms with E-state index in [4.69, 9.17) is 0 Å². The molecule has 1 amide bonds. The fourth-order valence-corrected chi connectivity index (χ4v) is 3.42. The maximum Gasteiger partial charge on any atom is 0.445 e. The summed E-state index contributed by atoms with van der Waals surface area (Å²) in [6.45, 7) is 1.89. The lowest BCUT2D eigenvalue weighted by Gasteiger charge is -2.34. The third-order valence-corrected chi connectivity index (χ3v) is 5.06. The van der Waals surface area contributed by atoms with Crippen LogP contribution in [0, 0.1) is 0 Å². The highest BCUT2D eigenvalue weighted by atomic mass is 32.1. The molecule has 0 saturated carbocycles. The Hall–Kier alpha value is -2.16. The number of aryl methyl sites for hydroxylation is 1. The van der Waals surface area contributed by atoms with Crippen LogP contribution in [0.25, 0.3) is 0 Å². The van der Waals surface area contributed by atoms with Crippen molar-refractivity contribution in [3.8, 4) is 0 Å². The van der Waals surface area contributed by atoms with Gasteiger partial charge in [0.1, 0.15) is 0 Å². The average molecular weight is 370 g/mol. The van der Waals surface area contributed by atoms with Crippen LogP contribution in [0.3, 0.4) is 0 Å². The molecule has 1 aromatic carbocycles. The summed E-state index contributed by atoms with van der Waals surface area (Å²) in [5, 5.41) is 6.14. The fourth-order valence-electron chi connectivity index (χ4n) is 2.66. The number of rotatable bonds is 4. The van der Waals surface area contributed by atoms with Crippen LogP contribution in [0.1, 0.15) is 17.0 Å². The third kappa shape index (κ3) is 4.47. The van der Waals surface area contributed by atoms with Crippen molar-refractivity contribution in [2.45, 2.75) is 19.0 Å². The molecule has 1 aliphatic heterocycles. The second-order valence-corrected chi connectivity index (χ2v) is 6.70. The van der Waals surface area contributed by atoms with Crippen LogP contribution >= 0.6 is 11.3 Å². The number of hydrogen-bond acceptors (Lipinski definition) is 5. The number of alkyl halides is 3.